The Hall–Kier alpha value is -0.960. The molecule has 1 atom stereocenters. The van der Waals surface area contributed by atoms with Gasteiger partial charge in [0.05, 0.1) is 0 Å². The maximum absolute atomic E-state index is 13.6. The first-order valence-corrected chi connectivity index (χ1v) is 7.02. The average Bonchev–Trinajstić information content (AvgIpc) is 2.32. The Balaban J connectivity index is 2.68. The molecule has 1 rings (SSSR count). The van der Waals surface area contributed by atoms with Crippen molar-refractivity contribution in [2.75, 3.05) is 6.54 Å². The fourth-order valence-corrected chi connectivity index (χ4v) is 2.20. The predicted molar refractivity (Wildman–Crippen MR) is 76.2 cm³/mol. The Bertz CT molecular complexity index is 396. The number of benzene rings is 1. The molecule has 1 N–H and O–H groups in total. The van der Waals surface area contributed by atoms with Crippen LogP contribution in [0.3, 0.4) is 0 Å². The first-order chi connectivity index (χ1) is 8.86. The van der Waals surface area contributed by atoms with Gasteiger partial charge in [-0.25, -0.2) is 8.78 Å². The van der Waals surface area contributed by atoms with Gasteiger partial charge in [0.15, 0.2) is 11.6 Å². The molecule has 3 heteroatoms. The van der Waals surface area contributed by atoms with E-state index in [1.807, 2.05) is 0 Å². The first-order valence-electron chi connectivity index (χ1n) is 7.02. The van der Waals surface area contributed by atoms with Crippen LogP contribution in [0, 0.1) is 17.0 Å². The Morgan fingerprint density at radius 2 is 1.89 bits per heavy atom. The maximum atomic E-state index is 13.6. The first kappa shape index (κ1) is 16.1. The summed E-state index contributed by atoms with van der Waals surface area (Å²) >= 11 is 0. The molecule has 0 saturated heterocycles. The summed E-state index contributed by atoms with van der Waals surface area (Å²) in [5.74, 6) is -1.46. The third kappa shape index (κ3) is 4.90. The second kappa shape index (κ2) is 6.99. The lowest BCUT2D eigenvalue weighted by atomic mass is 9.83. The summed E-state index contributed by atoms with van der Waals surface area (Å²) in [6.07, 6.45) is 2.44. The van der Waals surface area contributed by atoms with E-state index in [9.17, 15) is 8.78 Å². The molecule has 0 saturated carbocycles. The van der Waals surface area contributed by atoms with Gasteiger partial charge in [0, 0.05) is 6.04 Å². The minimum atomic E-state index is -0.758. The summed E-state index contributed by atoms with van der Waals surface area (Å²) in [5, 5.41) is 3.50. The summed E-state index contributed by atoms with van der Waals surface area (Å²) in [7, 11) is 0. The lowest BCUT2D eigenvalue weighted by Crippen LogP contribution is -2.41. The van der Waals surface area contributed by atoms with E-state index in [4.69, 9.17) is 0 Å². The summed E-state index contributed by atoms with van der Waals surface area (Å²) in [5.41, 5.74) is 0.575. The van der Waals surface area contributed by atoms with E-state index in [0.29, 0.717) is 18.0 Å². The van der Waals surface area contributed by atoms with Gasteiger partial charge < -0.3 is 5.32 Å². The van der Waals surface area contributed by atoms with Crippen molar-refractivity contribution in [3.05, 3.63) is 35.4 Å². The van der Waals surface area contributed by atoms with Crippen LogP contribution in [0.4, 0.5) is 8.78 Å². The normalized spacial score (nSPS) is 13.6. The highest BCUT2D eigenvalue weighted by Crippen LogP contribution is 2.24. The number of rotatable bonds is 6. The Kier molecular flexibility index (Phi) is 5.92. The zero-order valence-corrected chi connectivity index (χ0v) is 12.4. The zero-order valence-electron chi connectivity index (χ0n) is 12.4. The van der Waals surface area contributed by atoms with Crippen LogP contribution >= 0.6 is 0 Å². The number of hydrogen-bond donors (Lipinski definition) is 1. The molecule has 1 unspecified atom stereocenters. The third-order valence-corrected chi connectivity index (χ3v) is 3.42. The number of aryl methyl sites for hydroxylation is 1. The number of halogens is 2. The second-order valence-corrected chi connectivity index (χ2v) is 6.12. The van der Waals surface area contributed by atoms with Gasteiger partial charge in [-0.1, -0.05) is 39.8 Å². The van der Waals surface area contributed by atoms with Crippen LogP contribution in [0.2, 0.25) is 0 Å². The van der Waals surface area contributed by atoms with Gasteiger partial charge in [-0.2, -0.15) is 0 Å². The topological polar surface area (TPSA) is 12.0 Å². The van der Waals surface area contributed by atoms with Gasteiger partial charge in [-0.05, 0) is 42.9 Å². The Morgan fingerprint density at radius 3 is 2.47 bits per heavy atom. The lowest BCUT2D eigenvalue weighted by Gasteiger charge is -2.32. The van der Waals surface area contributed by atoms with E-state index in [0.717, 1.165) is 25.5 Å². The molecule has 1 aromatic rings. The minimum absolute atomic E-state index is 0.110. The summed E-state index contributed by atoms with van der Waals surface area (Å²) in [6, 6.07) is 4.70. The average molecular weight is 269 g/mol. The number of hydrogen-bond acceptors (Lipinski definition) is 1. The molecule has 1 nitrogen and oxygen atoms in total. The van der Waals surface area contributed by atoms with Crippen molar-refractivity contribution in [2.45, 2.75) is 53.0 Å². The van der Waals surface area contributed by atoms with Gasteiger partial charge in [0.25, 0.3) is 0 Å². The fraction of sp³-hybridized carbons (Fsp3) is 0.625. The van der Waals surface area contributed by atoms with Crippen LogP contribution in [0.5, 0.6) is 0 Å². The van der Waals surface area contributed by atoms with Crippen molar-refractivity contribution in [3.63, 3.8) is 0 Å². The zero-order chi connectivity index (χ0) is 14.5. The van der Waals surface area contributed by atoms with E-state index in [1.54, 1.807) is 12.1 Å². The molecule has 0 heterocycles. The van der Waals surface area contributed by atoms with Crippen LogP contribution in [0.15, 0.2) is 18.2 Å². The Labute approximate surface area is 115 Å². The van der Waals surface area contributed by atoms with Crippen LogP contribution in [0.1, 0.15) is 46.1 Å². The molecule has 0 aromatic heterocycles. The van der Waals surface area contributed by atoms with Crippen molar-refractivity contribution in [3.8, 4) is 0 Å². The summed E-state index contributed by atoms with van der Waals surface area (Å²) < 4.78 is 26.8. The van der Waals surface area contributed by atoms with E-state index < -0.39 is 11.6 Å². The molecule has 19 heavy (non-hydrogen) atoms. The van der Waals surface area contributed by atoms with E-state index in [1.165, 1.54) is 0 Å². The largest absolute Gasteiger partial charge is 0.313 e. The van der Waals surface area contributed by atoms with Crippen molar-refractivity contribution >= 4 is 0 Å². The Morgan fingerprint density at radius 1 is 1.21 bits per heavy atom. The van der Waals surface area contributed by atoms with Gasteiger partial charge >= 0.3 is 0 Å². The quantitative estimate of drug-likeness (QED) is 0.811. The molecular weight excluding hydrogens is 244 g/mol. The van der Waals surface area contributed by atoms with E-state index in [-0.39, 0.29) is 5.41 Å². The van der Waals surface area contributed by atoms with Crippen molar-refractivity contribution < 1.29 is 8.78 Å². The molecule has 0 aliphatic rings. The van der Waals surface area contributed by atoms with E-state index >= 15 is 0 Å². The van der Waals surface area contributed by atoms with Gasteiger partial charge in [0.2, 0.25) is 0 Å². The molecule has 108 valence electrons. The molecular formula is C16H25F2N. The highest BCUT2D eigenvalue weighted by Gasteiger charge is 2.24. The van der Waals surface area contributed by atoms with Gasteiger partial charge in [-0.15, -0.1) is 0 Å². The van der Waals surface area contributed by atoms with Crippen molar-refractivity contribution in [1.82, 2.24) is 5.32 Å². The van der Waals surface area contributed by atoms with Crippen LogP contribution < -0.4 is 5.32 Å². The molecule has 0 bridgehead atoms. The minimum Gasteiger partial charge on any atom is -0.313 e. The van der Waals surface area contributed by atoms with Crippen LogP contribution in [0.25, 0.3) is 0 Å². The molecule has 1 aromatic carbocycles. The standard InChI is InChI=1S/C16H25F2N/c1-5-11-19-14(16(2,3)4)10-9-12-7-6-8-13(17)15(12)18/h6-8,14,19H,5,9-11H2,1-4H3. The van der Waals surface area contributed by atoms with Crippen LogP contribution in [-0.2, 0) is 6.42 Å². The fourth-order valence-electron chi connectivity index (χ4n) is 2.20. The smallest absolute Gasteiger partial charge is 0.162 e. The van der Waals surface area contributed by atoms with Crippen LogP contribution in [-0.4, -0.2) is 12.6 Å². The third-order valence-electron chi connectivity index (χ3n) is 3.42. The van der Waals surface area contributed by atoms with Gasteiger partial charge in [-0.3, -0.25) is 0 Å². The van der Waals surface area contributed by atoms with Crippen molar-refractivity contribution in [1.29, 1.82) is 0 Å². The lowest BCUT2D eigenvalue weighted by molar-refractivity contribution is 0.254. The molecule has 0 spiro atoms. The predicted octanol–water partition coefficient (Wildman–Crippen LogP) is 4.31. The molecule has 0 aliphatic carbocycles. The number of nitrogens with one attached hydrogen (secondary N) is 1. The summed E-state index contributed by atoms with van der Waals surface area (Å²) in [4.78, 5) is 0. The highest BCUT2D eigenvalue weighted by atomic mass is 19.2. The van der Waals surface area contributed by atoms with Crippen molar-refractivity contribution in [2.24, 2.45) is 5.41 Å². The highest BCUT2D eigenvalue weighted by molar-refractivity contribution is 5.19. The maximum Gasteiger partial charge on any atom is 0.162 e. The second-order valence-electron chi connectivity index (χ2n) is 6.12. The molecule has 0 radical (unpaired) electrons. The summed E-state index contributed by atoms with van der Waals surface area (Å²) in [6.45, 7) is 9.58. The SMILES string of the molecule is CCCNC(CCc1cccc(F)c1F)C(C)(C)C. The van der Waals surface area contributed by atoms with E-state index in [2.05, 4.69) is 33.0 Å². The monoisotopic (exact) mass is 269 g/mol. The molecule has 0 aliphatic heterocycles. The molecule has 0 amide bonds. The molecule has 0 fully saturated rings. The van der Waals surface area contributed by atoms with Gasteiger partial charge in [0.1, 0.15) is 0 Å².